The molecule has 2 nitrogen and oxygen atoms in total. The summed E-state index contributed by atoms with van der Waals surface area (Å²) in [6.07, 6.45) is 1.47. The third-order valence-corrected chi connectivity index (χ3v) is 3.42. The SMILES string of the molecule is CCCC(=O)Nc1cc(C)c(I)cc1C. The number of hydrogen-bond donors (Lipinski definition) is 1. The van der Waals surface area contributed by atoms with Gasteiger partial charge in [0.1, 0.15) is 0 Å². The van der Waals surface area contributed by atoms with Crippen LogP contribution in [-0.4, -0.2) is 5.91 Å². The highest BCUT2D eigenvalue weighted by Crippen LogP contribution is 2.21. The van der Waals surface area contributed by atoms with E-state index in [0.717, 1.165) is 17.7 Å². The first-order chi connectivity index (χ1) is 7.04. The monoisotopic (exact) mass is 317 g/mol. The van der Waals surface area contributed by atoms with Gasteiger partial charge >= 0.3 is 0 Å². The van der Waals surface area contributed by atoms with Crippen molar-refractivity contribution in [3.8, 4) is 0 Å². The molecule has 1 N–H and O–H groups in total. The summed E-state index contributed by atoms with van der Waals surface area (Å²) >= 11 is 2.30. The molecule has 0 spiro atoms. The Morgan fingerprint density at radius 2 is 2.00 bits per heavy atom. The molecule has 0 saturated carbocycles. The van der Waals surface area contributed by atoms with Crippen molar-refractivity contribution in [3.05, 3.63) is 26.8 Å². The zero-order chi connectivity index (χ0) is 11.4. The number of benzene rings is 1. The van der Waals surface area contributed by atoms with E-state index in [4.69, 9.17) is 0 Å². The van der Waals surface area contributed by atoms with Crippen molar-refractivity contribution < 1.29 is 4.79 Å². The molecule has 0 atom stereocenters. The van der Waals surface area contributed by atoms with Crippen LogP contribution in [0.15, 0.2) is 12.1 Å². The summed E-state index contributed by atoms with van der Waals surface area (Å²) in [5.41, 5.74) is 3.26. The zero-order valence-corrected chi connectivity index (χ0v) is 11.5. The Hall–Kier alpha value is -0.580. The topological polar surface area (TPSA) is 29.1 Å². The molecule has 0 aliphatic heterocycles. The van der Waals surface area contributed by atoms with Gasteiger partial charge in [-0.05, 0) is 66.1 Å². The number of halogens is 1. The van der Waals surface area contributed by atoms with Crippen LogP contribution in [0.25, 0.3) is 0 Å². The third kappa shape index (κ3) is 3.48. The summed E-state index contributed by atoms with van der Waals surface area (Å²) < 4.78 is 1.23. The standard InChI is InChI=1S/C12H16INO/c1-4-5-12(15)14-11-7-8(2)10(13)6-9(11)3/h6-7H,4-5H2,1-3H3,(H,14,15). The summed E-state index contributed by atoms with van der Waals surface area (Å²) in [7, 11) is 0. The third-order valence-electron chi connectivity index (χ3n) is 2.26. The van der Waals surface area contributed by atoms with Crippen LogP contribution in [0.4, 0.5) is 5.69 Å². The molecule has 0 bridgehead atoms. The quantitative estimate of drug-likeness (QED) is 0.847. The van der Waals surface area contributed by atoms with E-state index < -0.39 is 0 Å². The lowest BCUT2D eigenvalue weighted by atomic mass is 10.1. The molecule has 0 aliphatic rings. The number of carbonyl (C=O) groups excluding carboxylic acids is 1. The van der Waals surface area contributed by atoms with Crippen LogP contribution in [0.2, 0.25) is 0 Å². The highest BCUT2D eigenvalue weighted by atomic mass is 127. The minimum Gasteiger partial charge on any atom is -0.326 e. The van der Waals surface area contributed by atoms with Gasteiger partial charge in [-0.15, -0.1) is 0 Å². The normalized spacial score (nSPS) is 10.1. The van der Waals surface area contributed by atoms with Crippen molar-refractivity contribution in [2.75, 3.05) is 5.32 Å². The van der Waals surface area contributed by atoms with Crippen molar-refractivity contribution in [1.29, 1.82) is 0 Å². The van der Waals surface area contributed by atoms with Gasteiger partial charge in [0.15, 0.2) is 0 Å². The Bertz CT molecular complexity index is 374. The van der Waals surface area contributed by atoms with E-state index in [9.17, 15) is 4.79 Å². The van der Waals surface area contributed by atoms with Gasteiger partial charge in [0.2, 0.25) is 5.91 Å². The fourth-order valence-corrected chi connectivity index (χ4v) is 1.98. The molecule has 0 fully saturated rings. The molecular formula is C12H16INO. The Morgan fingerprint density at radius 3 is 2.60 bits per heavy atom. The van der Waals surface area contributed by atoms with Crippen LogP contribution < -0.4 is 5.32 Å². The maximum atomic E-state index is 11.4. The molecule has 1 aromatic carbocycles. The second-order valence-corrected chi connectivity index (χ2v) is 4.88. The fraction of sp³-hybridized carbons (Fsp3) is 0.417. The van der Waals surface area contributed by atoms with E-state index in [0.29, 0.717) is 6.42 Å². The first kappa shape index (κ1) is 12.5. The highest BCUT2D eigenvalue weighted by molar-refractivity contribution is 14.1. The minimum atomic E-state index is 0.0983. The predicted octanol–water partition coefficient (Wildman–Crippen LogP) is 3.65. The summed E-state index contributed by atoms with van der Waals surface area (Å²) in [5.74, 6) is 0.0983. The molecule has 82 valence electrons. The van der Waals surface area contributed by atoms with Crippen molar-refractivity contribution in [2.24, 2.45) is 0 Å². The average Bonchev–Trinajstić information content (AvgIpc) is 2.14. The average molecular weight is 317 g/mol. The molecule has 0 aromatic heterocycles. The summed E-state index contributed by atoms with van der Waals surface area (Å²) in [4.78, 5) is 11.4. The van der Waals surface area contributed by atoms with Gasteiger partial charge in [-0.3, -0.25) is 4.79 Å². The number of anilines is 1. The van der Waals surface area contributed by atoms with Crippen LogP contribution in [0.1, 0.15) is 30.9 Å². The van der Waals surface area contributed by atoms with E-state index in [1.54, 1.807) is 0 Å². The Morgan fingerprint density at radius 1 is 1.33 bits per heavy atom. The number of aryl methyl sites for hydroxylation is 2. The second kappa shape index (κ2) is 5.49. The second-order valence-electron chi connectivity index (χ2n) is 3.71. The van der Waals surface area contributed by atoms with E-state index in [-0.39, 0.29) is 5.91 Å². The molecule has 0 saturated heterocycles. The van der Waals surface area contributed by atoms with Crippen molar-refractivity contribution in [1.82, 2.24) is 0 Å². The van der Waals surface area contributed by atoms with Gasteiger partial charge < -0.3 is 5.32 Å². The maximum absolute atomic E-state index is 11.4. The molecule has 1 aromatic rings. The molecule has 0 heterocycles. The zero-order valence-electron chi connectivity index (χ0n) is 9.36. The molecule has 0 aliphatic carbocycles. The van der Waals surface area contributed by atoms with Crippen LogP contribution in [0.3, 0.4) is 0 Å². The number of amides is 1. The molecule has 3 heteroatoms. The molecule has 1 amide bonds. The lowest BCUT2D eigenvalue weighted by molar-refractivity contribution is -0.116. The largest absolute Gasteiger partial charge is 0.326 e. The van der Waals surface area contributed by atoms with Crippen molar-refractivity contribution in [3.63, 3.8) is 0 Å². The van der Waals surface area contributed by atoms with Gasteiger partial charge in [-0.1, -0.05) is 6.92 Å². The van der Waals surface area contributed by atoms with Gasteiger partial charge in [0.05, 0.1) is 0 Å². The lowest BCUT2D eigenvalue weighted by Gasteiger charge is -2.10. The molecule has 15 heavy (non-hydrogen) atoms. The molecule has 0 unspecified atom stereocenters. The van der Waals surface area contributed by atoms with E-state index >= 15 is 0 Å². The summed E-state index contributed by atoms with van der Waals surface area (Å²) in [6.45, 7) is 6.07. The Labute approximate surface area is 105 Å². The lowest BCUT2D eigenvalue weighted by Crippen LogP contribution is -2.11. The molecule has 1 rings (SSSR count). The molecular weight excluding hydrogens is 301 g/mol. The number of rotatable bonds is 3. The Balaban J connectivity index is 2.86. The number of nitrogens with one attached hydrogen (secondary N) is 1. The fourth-order valence-electron chi connectivity index (χ4n) is 1.36. The summed E-state index contributed by atoms with van der Waals surface area (Å²) in [6, 6.07) is 4.13. The van der Waals surface area contributed by atoms with Crippen LogP contribution in [0.5, 0.6) is 0 Å². The van der Waals surface area contributed by atoms with Crippen LogP contribution in [-0.2, 0) is 4.79 Å². The van der Waals surface area contributed by atoms with E-state index in [1.807, 2.05) is 19.9 Å². The highest BCUT2D eigenvalue weighted by Gasteiger charge is 2.05. The number of carbonyl (C=O) groups is 1. The summed E-state index contributed by atoms with van der Waals surface area (Å²) in [5, 5.41) is 2.94. The van der Waals surface area contributed by atoms with Gasteiger partial charge in [-0.2, -0.15) is 0 Å². The first-order valence-electron chi connectivity index (χ1n) is 5.11. The molecule has 0 radical (unpaired) electrons. The maximum Gasteiger partial charge on any atom is 0.224 e. The smallest absolute Gasteiger partial charge is 0.224 e. The van der Waals surface area contributed by atoms with Crippen LogP contribution in [0, 0.1) is 17.4 Å². The van der Waals surface area contributed by atoms with Gasteiger partial charge in [0, 0.05) is 15.7 Å². The van der Waals surface area contributed by atoms with Crippen molar-refractivity contribution in [2.45, 2.75) is 33.6 Å². The predicted molar refractivity (Wildman–Crippen MR) is 72.2 cm³/mol. The van der Waals surface area contributed by atoms with E-state index in [2.05, 4.69) is 40.9 Å². The minimum absolute atomic E-state index is 0.0983. The van der Waals surface area contributed by atoms with Crippen LogP contribution >= 0.6 is 22.6 Å². The van der Waals surface area contributed by atoms with Gasteiger partial charge in [-0.25, -0.2) is 0 Å². The van der Waals surface area contributed by atoms with E-state index in [1.165, 1.54) is 9.13 Å². The van der Waals surface area contributed by atoms with Crippen molar-refractivity contribution >= 4 is 34.2 Å². The number of hydrogen-bond acceptors (Lipinski definition) is 1. The first-order valence-corrected chi connectivity index (χ1v) is 6.19. The van der Waals surface area contributed by atoms with Gasteiger partial charge in [0.25, 0.3) is 0 Å². The Kier molecular flexibility index (Phi) is 4.57.